The smallest absolute Gasteiger partial charge is 0.159 e. The number of rotatable bonds is 3. The molecule has 0 bridgehead atoms. The maximum atomic E-state index is 13.3. The van der Waals surface area contributed by atoms with Gasteiger partial charge in [0, 0.05) is 12.1 Å². The second kappa shape index (κ2) is 6.43. The Hall–Kier alpha value is -0.960. The molecule has 0 aromatic heterocycles. The van der Waals surface area contributed by atoms with Crippen LogP contribution in [0.25, 0.3) is 0 Å². The first-order valence-electron chi connectivity index (χ1n) is 7.98. The molecule has 1 N–H and O–H groups in total. The number of hydrogen-bond donors (Lipinski definition) is 1. The molecule has 1 unspecified atom stereocenters. The highest BCUT2D eigenvalue weighted by Gasteiger charge is 2.30. The summed E-state index contributed by atoms with van der Waals surface area (Å²) >= 11 is 0. The van der Waals surface area contributed by atoms with Crippen LogP contribution in [0, 0.1) is 23.0 Å². The average molecular weight is 295 g/mol. The number of hydrogen-bond acceptors (Lipinski definition) is 1. The molecule has 1 aliphatic carbocycles. The second-order valence-electron chi connectivity index (χ2n) is 7.48. The third-order valence-corrected chi connectivity index (χ3v) is 4.88. The summed E-state index contributed by atoms with van der Waals surface area (Å²) in [6.07, 6.45) is 4.81. The van der Waals surface area contributed by atoms with Crippen molar-refractivity contribution in [3.8, 4) is 0 Å². The molecule has 0 radical (unpaired) electrons. The number of nitrogens with one attached hydrogen (secondary N) is 1. The molecule has 118 valence electrons. The lowest BCUT2D eigenvalue weighted by Crippen LogP contribution is -2.37. The molecule has 1 saturated carbocycles. The van der Waals surface area contributed by atoms with E-state index in [2.05, 4.69) is 26.1 Å². The van der Waals surface area contributed by atoms with Crippen molar-refractivity contribution in [2.75, 3.05) is 0 Å². The summed E-state index contributed by atoms with van der Waals surface area (Å²) in [5, 5.41) is 3.56. The highest BCUT2D eigenvalue weighted by atomic mass is 19.2. The first-order chi connectivity index (χ1) is 9.77. The zero-order chi connectivity index (χ0) is 15.6. The quantitative estimate of drug-likeness (QED) is 0.806. The fourth-order valence-corrected chi connectivity index (χ4v) is 3.36. The van der Waals surface area contributed by atoms with Crippen LogP contribution in [0.2, 0.25) is 0 Å². The van der Waals surface area contributed by atoms with Crippen LogP contribution in [-0.2, 0) is 0 Å². The minimum absolute atomic E-state index is 0.0521. The molecule has 1 atom stereocenters. The topological polar surface area (TPSA) is 12.0 Å². The molecule has 0 saturated heterocycles. The van der Waals surface area contributed by atoms with Gasteiger partial charge in [-0.25, -0.2) is 8.78 Å². The molecule has 1 aromatic carbocycles. The van der Waals surface area contributed by atoms with Crippen molar-refractivity contribution in [2.24, 2.45) is 11.3 Å². The normalized spacial score (nSPS) is 24.9. The van der Waals surface area contributed by atoms with Gasteiger partial charge in [-0.15, -0.1) is 0 Å². The van der Waals surface area contributed by atoms with E-state index in [0.29, 0.717) is 11.5 Å². The predicted molar refractivity (Wildman–Crippen MR) is 83.1 cm³/mol. The summed E-state index contributed by atoms with van der Waals surface area (Å²) in [6.45, 7) is 8.96. The van der Waals surface area contributed by atoms with Crippen LogP contribution in [0.15, 0.2) is 18.2 Å². The Morgan fingerprint density at radius 3 is 2.19 bits per heavy atom. The van der Waals surface area contributed by atoms with E-state index in [1.165, 1.54) is 25.0 Å². The highest BCUT2D eigenvalue weighted by molar-refractivity contribution is 5.20. The van der Waals surface area contributed by atoms with Crippen molar-refractivity contribution in [2.45, 2.75) is 65.5 Å². The van der Waals surface area contributed by atoms with Gasteiger partial charge in [0.25, 0.3) is 0 Å². The van der Waals surface area contributed by atoms with Crippen molar-refractivity contribution in [3.05, 3.63) is 35.4 Å². The van der Waals surface area contributed by atoms with E-state index in [0.717, 1.165) is 24.3 Å². The molecule has 0 aliphatic heterocycles. The molecule has 1 fully saturated rings. The van der Waals surface area contributed by atoms with Gasteiger partial charge in [0.2, 0.25) is 0 Å². The largest absolute Gasteiger partial charge is 0.307 e. The zero-order valence-electron chi connectivity index (χ0n) is 13.5. The van der Waals surface area contributed by atoms with Gasteiger partial charge >= 0.3 is 0 Å². The van der Waals surface area contributed by atoms with Crippen LogP contribution in [0.4, 0.5) is 8.78 Å². The standard InChI is InChI=1S/C18H27F2N/c1-12(13-5-10-16(19)17(20)11-13)21-15-8-6-14(7-9-15)18(2,3)4/h5,10-12,14-15,21H,6-9H2,1-4H3. The third-order valence-electron chi connectivity index (χ3n) is 4.88. The van der Waals surface area contributed by atoms with E-state index in [4.69, 9.17) is 0 Å². The second-order valence-corrected chi connectivity index (χ2v) is 7.48. The summed E-state index contributed by atoms with van der Waals surface area (Å²) < 4.78 is 26.3. The van der Waals surface area contributed by atoms with E-state index < -0.39 is 11.6 Å². The average Bonchev–Trinajstić information content (AvgIpc) is 2.41. The van der Waals surface area contributed by atoms with Gasteiger partial charge in [-0.3, -0.25) is 0 Å². The Morgan fingerprint density at radius 2 is 1.67 bits per heavy atom. The van der Waals surface area contributed by atoms with Crippen molar-refractivity contribution in [3.63, 3.8) is 0 Å². The van der Waals surface area contributed by atoms with Crippen LogP contribution in [-0.4, -0.2) is 6.04 Å². The maximum absolute atomic E-state index is 13.3. The molecule has 3 heteroatoms. The molecule has 0 heterocycles. The first-order valence-corrected chi connectivity index (χ1v) is 7.98. The molecule has 21 heavy (non-hydrogen) atoms. The number of benzene rings is 1. The van der Waals surface area contributed by atoms with Crippen LogP contribution in [0.5, 0.6) is 0 Å². The molecular weight excluding hydrogens is 268 g/mol. The van der Waals surface area contributed by atoms with E-state index in [-0.39, 0.29) is 6.04 Å². The summed E-state index contributed by atoms with van der Waals surface area (Å²) in [5.74, 6) is -0.761. The Labute approximate surface area is 127 Å². The van der Waals surface area contributed by atoms with E-state index in [9.17, 15) is 8.78 Å². The lowest BCUT2D eigenvalue weighted by atomic mass is 9.71. The van der Waals surface area contributed by atoms with E-state index in [1.54, 1.807) is 6.07 Å². The van der Waals surface area contributed by atoms with Gasteiger partial charge in [0.15, 0.2) is 11.6 Å². The van der Waals surface area contributed by atoms with E-state index in [1.807, 2.05) is 6.92 Å². The van der Waals surface area contributed by atoms with Crippen LogP contribution in [0.3, 0.4) is 0 Å². The SMILES string of the molecule is CC(NC1CCC(C(C)(C)C)CC1)c1ccc(F)c(F)c1. The third kappa shape index (κ3) is 4.26. The van der Waals surface area contributed by atoms with Gasteiger partial charge in [0.05, 0.1) is 0 Å². The minimum atomic E-state index is -0.781. The minimum Gasteiger partial charge on any atom is -0.307 e. The molecule has 0 amide bonds. The predicted octanol–water partition coefficient (Wildman–Crippen LogP) is 5.22. The van der Waals surface area contributed by atoms with E-state index >= 15 is 0 Å². The molecule has 0 spiro atoms. The van der Waals surface area contributed by atoms with Crippen LogP contribution < -0.4 is 5.32 Å². The number of halogens is 2. The maximum Gasteiger partial charge on any atom is 0.159 e. The van der Waals surface area contributed by atoms with Gasteiger partial charge < -0.3 is 5.32 Å². The highest BCUT2D eigenvalue weighted by Crippen LogP contribution is 2.38. The summed E-state index contributed by atoms with van der Waals surface area (Å²) in [6, 6.07) is 4.70. The molecule has 1 nitrogen and oxygen atoms in total. The summed E-state index contributed by atoms with van der Waals surface area (Å²) in [5.41, 5.74) is 1.20. The lowest BCUT2D eigenvalue weighted by Gasteiger charge is -2.38. The van der Waals surface area contributed by atoms with Crippen molar-refractivity contribution in [1.29, 1.82) is 0 Å². The first kappa shape index (κ1) is 16.4. The molecule has 2 rings (SSSR count). The fourth-order valence-electron chi connectivity index (χ4n) is 3.36. The van der Waals surface area contributed by atoms with Crippen LogP contribution >= 0.6 is 0 Å². The lowest BCUT2D eigenvalue weighted by molar-refractivity contribution is 0.157. The summed E-state index contributed by atoms with van der Waals surface area (Å²) in [4.78, 5) is 0. The molecule has 1 aromatic rings. The molecule has 1 aliphatic rings. The Morgan fingerprint density at radius 1 is 1.05 bits per heavy atom. The van der Waals surface area contributed by atoms with Gasteiger partial charge in [-0.05, 0) is 61.6 Å². The fraction of sp³-hybridized carbons (Fsp3) is 0.667. The summed E-state index contributed by atoms with van der Waals surface area (Å²) in [7, 11) is 0. The van der Waals surface area contributed by atoms with Crippen LogP contribution in [0.1, 0.15) is 65.0 Å². The Bertz CT molecular complexity index is 471. The van der Waals surface area contributed by atoms with Gasteiger partial charge in [-0.2, -0.15) is 0 Å². The molecular formula is C18H27F2N. The van der Waals surface area contributed by atoms with Crippen molar-refractivity contribution < 1.29 is 8.78 Å². The van der Waals surface area contributed by atoms with Crippen molar-refractivity contribution >= 4 is 0 Å². The van der Waals surface area contributed by atoms with Crippen molar-refractivity contribution in [1.82, 2.24) is 5.32 Å². The monoisotopic (exact) mass is 295 g/mol. The van der Waals surface area contributed by atoms with Gasteiger partial charge in [-0.1, -0.05) is 26.8 Å². The zero-order valence-corrected chi connectivity index (χ0v) is 13.5. The van der Waals surface area contributed by atoms with Gasteiger partial charge in [0.1, 0.15) is 0 Å². The Kier molecular flexibility index (Phi) is 5.03. The Balaban J connectivity index is 1.89.